The highest BCUT2D eigenvalue weighted by molar-refractivity contribution is 14.1. The van der Waals surface area contributed by atoms with Gasteiger partial charge in [-0.25, -0.2) is 4.99 Å². The molecule has 1 fully saturated rings. The molecule has 1 N–H and O–H groups in total. The standard InChI is InChI=1S/C23H17IN2O4S2/c1-15-5-11-20(12-6-15)32(28,29)30-19-4-2-3-16(13-19)14-21-22(27)26-23(31-21)25-18-9-7-17(24)8-10-18/h2-14H,1H3,(H,25,26,27)/b21-14+. The van der Waals surface area contributed by atoms with Crippen LogP contribution < -0.4 is 9.50 Å². The summed E-state index contributed by atoms with van der Waals surface area (Å²) in [5.41, 5.74) is 2.33. The highest BCUT2D eigenvalue weighted by Gasteiger charge is 2.24. The van der Waals surface area contributed by atoms with Gasteiger partial charge in [-0.2, -0.15) is 8.42 Å². The molecule has 6 nitrogen and oxygen atoms in total. The minimum atomic E-state index is -3.96. The first kappa shape index (κ1) is 22.6. The molecule has 9 heteroatoms. The Balaban J connectivity index is 1.52. The van der Waals surface area contributed by atoms with E-state index < -0.39 is 10.1 Å². The van der Waals surface area contributed by atoms with Crippen molar-refractivity contribution in [3.8, 4) is 5.75 Å². The summed E-state index contributed by atoms with van der Waals surface area (Å²) in [5.74, 6) is -0.103. The van der Waals surface area contributed by atoms with Crippen molar-refractivity contribution in [2.24, 2.45) is 4.99 Å². The fraction of sp³-hybridized carbons (Fsp3) is 0.0435. The Labute approximate surface area is 204 Å². The number of carbonyl (C=O) groups is 1. The predicted molar refractivity (Wildman–Crippen MR) is 135 cm³/mol. The molecule has 3 aromatic rings. The molecule has 1 aliphatic rings. The minimum Gasteiger partial charge on any atom is -0.379 e. The van der Waals surface area contributed by atoms with Crippen LogP contribution in [0.3, 0.4) is 0 Å². The molecule has 0 spiro atoms. The number of amidine groups is 1. The summed E-state index contributed by atoms with van der Waals surface area (Å²) in [4.78, 5) is 17.3. The van der Waals surface area contributed by atoms with Crippen molar-refractivity contribution in [2.75, 3.05) is 0 Å². The van der Waals surface area contributed by atoms with Crippen LogP contribution in [0.1, 0.15) is 11.1 Å². The van der Waals surface area contributed by atoms with E-state index in [1.165, 1.54) is 23.9 Å². The van der Waals surface area contributed by atoms with Gasteiger partial charge in [0.05, 0.1) is 10.6 Å². The van der Waals surface area contributed by atoms with Crippen LogP contribution in [0.15, 0.2) is 87.6 Å². The van der Waals surface area contributed by atoms with Crippen molar-refractivity contribution in [2.45, 2.75) is 11.8 Å². The van der Waals surface area contributed by atoms with E-state index in [9.17, 15) is 13.2 Å². The fourth-order valence-electron chi connectivity index (χ4n) is 2.80. The van der Waals surface area contributed by atoms with Crippen LogP contribution in [0.2, 0.25) is 0 Å². The van der Waals surface area contributed by atoms with Crippen molar-refractivity contribution >= 4 is 67.3 Å². The Kier molecular flexibility index (Phi) is 6.68. The van der Waals surface area contributed by atoms with Gasteiger partial charge in [0, 0.05) is 3.57 Å². The van der Waals surface area contributed by atoms with Gasteiger partial charge in [0.25, 0.3) is 5.91 Å². The van der Waals surface area contributed by atoms with Crippen LogP contribution in [0, 0.1) is 10.5 Å². The highest BCUT2D eigenvalue weighted by Crippen LogP contribution is 2.29. The molecule has 3 aromatic carbocycles. The quantitative estimate of drug-likeness (QED) is 0.255. The van der Waals surface area contributed by atoms with Gasteiger partial charge in [-0.15, -0.1) is 0 Å². The maximum atomic E-state index is 12.5. The van der Waals surface area contributed by atoms with Gasteiger partial charge >= 0.3 is 10.1 Å². The van der Waals surface area contributed by atoms with E-state index >= 15 is 0 Å². The molecule has 0 atom stereocenters. The van der Waals surface area contributed by atoms with Gasteiger partial charge in [-0.1, -0.05) is 29.8 Å². The van der Waals surface area contributed by atoms with Crippen molar-refractivity contribution < 1.29 is 17.4 Å². The molecule has 162 valence electrons. The third kappa shape index (κ3) is 5.59. The lowest BCUT2D eigenvalue weighted by Crippen LogP contribution is -2.19. The number of nitrogens with zero attached hydrogens (tertiary/aromatic N) is 1. The average Bonchev–Trinajstić information content (AvgIpc) is 3.08. The Morgan fingerprint density at radius 1 is 1.03 bits per heavy atom. The SMILES string of the molecule is Cc1ccc(S(=O)(=O)Oc2cccc(/C=C3/SC(=Nc4ccc(I)cc4)NC3=O)c2)cc1. The van der Waals surface area contributed by atoms with Crippen molar-refractivity contribution in [3.05, 3.63) is 92.4 Å². The first-order chi connectivity index (χ1) is 15.3. The van der Waals surface area contributed by atoms with Crippen LogP contribution in [0.25, 0.3) is 6.08 Å². The van der Waals surface area contributed by atoms with E-state index in [0.717, 1.165) is 14.8 Å². The van der Waals surface area contributed by atoms with Gasteiger partial charge in [0.2, 0.25) is 0 Å². The van der Waals surface area contributed by atoms with Crippen molar-refractivity contribution in [1.82, 2.24) is 5.32 Å². The summed E-state index contributed by atoms with van der Waals surface area (Å²) in [6.45, 7) is 1.88. The normalized spacial score (nSPS) is 16.4. The number of amides is 1. The van der Waals surface area contributed by atoms with Crippen LogP contribution in [-0.2, 0) is 14.9 Å². The monoisotopic (exact) mass is 576 g/mol. The van der Waals surface area contributed by atoms with Gasteiger partial charge in [-0.3, -0.25) is 4.79 Å². The van der Waals surface area contributed by atoms with Gasteiger partial charge in [-0.05, 0) is 101 Å². The van der Waals surface area contributed by atoms with Crippen molar-refractivity contribution in [1.29, 1.82) is 0 Å². The second kappa shape index (κ2) is 9.47. The molecule has 1 saturated heterocycles. The minimum absolute atomic E-state index is 0.0778. The molecule has 32 heavy (non-hydrogen) atoms. The fourth-order valence-corrected chi connectivity index (χ4v) is 4.92. The van der Waals surface area contributed by atoms with E-state index in [1.807, 2.05) is 31.2 Å². The zero-order valence-electron chi connectivity index (χ0n) is 16.8. The lowest BCUT2D eigenvalue weighted by molar-refractivity contribution is -0.115. The molecule has 0 saturated carbocycles. The summed E-state index contributed by atoms with van der Waals surface area (Å²) in [6.07, 6.45) is 1.67. The Hall–Kier alpha value is -2.63. The number of nitrogens with one attached hydrogen (secondary N) is 1. The van der Waals surface area contributed by atoms with E-state index in [4.69, 9.17) is 4.18 Å². The number of rotatable bonds is 5. The molecule has 0 aromatic heterocycles. The largest absolute Gasteiger partial charge is 0.379 e. The summed E-state index contributed by atoms with van der Waals surface area (Å²) in [6, 6.07) is 20.6. The Morgan fingerprint density at radius 2 is 1.75 bits per heavy atom. The van der Waals surface area contributed by atoms with E-state index in [1.54, 1.807) is 42.5 Å². The number of hydrogen-bond donors (Lipinski definition) is 1. The zero-order valence-corrected chi connectivity index (χ0v) is 20.6. The molecule has 0 bridgehead atoms. The Bertz CT molecular complexity index is 1330. The molecule has 1 amide bonds. The second-order valence-corrected chi connectivity index (χ2v) is 10.7. The molecule has 0 aliphatic carbocycles. The second-order valence-electron chi connectivity index (χ2n) is 6.88. The number of thioether (sulfide) groups is 1. The molecule has 4 rings (SSSR count). The lowest BCUT2D eigenvalue weighted by atomic mass is 10.2. The summed E-state index contributed by atoms with van der Waals surface area (Å²) in [5, 5.41) is 3.23. The maximum Gasteiger partial charge on any atom is 0.339 e. The van der Waals surface area contributed by atoms with E-state index in [0.29, 0.717) is 15.6 Å². The van der Waals surface area contributed by atoms with Gasteiger partial charge in [0.1, 0.15) is 10.6 Å². The van der Waals surface area contributed by atoms with Crippen molar-refractivity contribution in [3.63, 3.8) is 0 Å². The number of aryl methyl sites for hydroxylation is 1. The zero-order chi connectivity index (χ0) is 22.7. The molecule has 0 radical (unpaired) electrons. The third-order valence-corrected chi connectivity index (χ3v) is 7.27. The van der Waals surface area contributed by atoms with E-state index in [-0.39, 0.29) is 16.6 Å². The molecule has 0 unspecified atom stereocenters. The molecule has 1 heterocycles. The predicted octanol–water partition coefficient (Wildman–Crippen LogP) is 5.26. The van der Waals surface area contributed by atoms with Crippen LogP contribution in [0.5, 0.6) is 5.75 Å². The first-order valence-corrected chi connectivity index (χ1v) is 12.8. The number of benzene rings is 3. The van der Waals surface area contributed by atoms with Gasteiger partial charge < -0.3 is 9.50 Å². The number of halogens is 1. The summed E-state index contributed by atoms with van der Waals surface area (Å²) >= 11 is 3.43. The number of carbonyl (C=O) groups excluding carboxylic acids is 1. The summed E-state index contributed by atoms with van der Waals surface area (Å²) in [7, 11) is -3.96. The lowest BCUT2D eigenvalue weighted by Gasteiger charge is -2.08. The third-order valence-electron chi connectivity index (χ3n) is 4.38. The molecule has 1 aliphatic heterocycles. The number of hydrogen-bond acceptors (Lipinski definition) is 6. The maximum absolute atomic E-state index is 12.5. The average molecular weight is 576 g/mol. The topological polar surface area (TPSA) is 84.8 Å². The van der Waals surface area contributed by atoms with Crippen LogP contribution >= 0.6 is 34.4 Å². The number of aliphatic imine (C=N–C) groups is 1. The van der Waals surface area contributed by atoms with E-state index in [2.05, 4.69) is 32.9 Å². The Morgan fingerprint density at radius 3 is 2.47 bits per heavy atom. The highest BCUT2D eigenvalue weighted by atomic mass is 127. The van der Waals surface area contributed by atoms with Gasteiger partial charge in [0.15, 0.2) is 5.17 Å². The molecular formula is C23H17IN2O4S2. The van der Waals surface area contributed by atoms with Crippen LogP contribution in [0.4, 0.5) is 5.69 Å². The van der Waals surface area contributed by atoms with Crippen LogP contribution in [-0.4, -0.2) is 19.5 Å². The first-order valence-electron chi connectivity index (χ1n) is 9.45. The summed E-state index contributed by atoms with van der Waals surface area (Å²) < 4.78 is 31.5. The smallest absolute Gasteiger partial charge is 0.339 e. The molecular weight excluding hydrogens is 559 g/mol.